The maximum absolute atomic E-state index is 13.6. The van der Waals surface area contributed by atoms with Crippen molar-refractivity contribution in [3.8, 4) is 11.3 Å². The molecule has 1 amide bonds. The van der Waals surface area contributed by atoms with Gasteiger partial charge in [0.25, 0.3) is 5.91 Å². The summed E-state index contributed by atoms with van der Waals surface area (Å²) in [6.45, 7) is 6.06. The second-order valence-electron chi connectivity index (χ2n) is 8.63. The SMILES string of the molecule is Cc1ccc(-c2cc(C(=O)N3CCN(Cc4ccc(Cl)cc4)CC3)c3ccccc3n2)cc1. The molecule has 0 unspecified atom stereocenters. The number of pyridine rings is 1. The number of para-hydroxylation sites is 1. The predicted octanol–water partition coefficient (Wildman–Crippen LogP) is 5.82. The lowest BCUT2D eigenvalue weighted by Crippen LogP contribution is -2.48. The molecule has 2 heterocycles. The van der Waals surface area contributed by atoms with E-state index in [2.05, 4.69) is 48.2 Å². The summed E-state index contributed by atoms with van der Waals surface area (Å²) in [5, 5.41) is 1.66. The Kier molecular flexibility index (Phi) is 6.12. The van der Waals surface area contributed by atoms with Gasteiger partial charge in [-0.25, -0.2) is 4.98 Å². The highest BCUT2D eigenvalue weighted by molar-refractivity contribution is 6.30. The number of piperazine rings is 1. The van der Waals surface area contributed by atoms with Crippen molar-refractivity contribution in [3.05, 3.63) is 101 Å². The van der Waals surface area contributed by atoms with Crippen LogP contribution in [0.2, 0.25) is 5.02 Å². The summed E-state index contributed by atoms with van der Waals surface area (Å²) in [6.07, 6.45) is 0. The Labute approximate surface area is 199 Å². The molecule has 166 valence electrons. The molecule has 5 heteroatoms. The normalized spacial score (nSPS) is 14.5. The number of hydrogen-bond acceptors (Lipinski definition) is 3. The van der Waals surface area contributed by atoms with Crippen LogP contribution >= 0.6 is 11.6 Å². The minimum absolute atomic E-state index is 0.0769. The molecule has 1 aliphatic rings. The first-order chi connectivity index (χ1) is 16.1. The predicted molar refractivity (Wildman–Crippen MR) is 135 cm³/mol. The number of nitrogens with zero attached hydrogens (tertiary/aromatic N) is 3. The Hall–Kier alpha value is -3.21. The third-order valence-corrected chi connectivity index (χ3v) is 6.52. The number of rotatable bonds is 4. The number of carbonyl (C=O) groups is 1. The molecule has 5 rings (SSSR count). The van der Waals surface area contributed by atoms with E-state index in [0.717, 1.165) is 52.4 Å². The fourth-order valence-electron chi connectivity index (χ4n) is 4.35. The second kappa shape index (κ2) is 9.34. The molecule has 0 atom stereocenters. The number of benzene rings is 3. The minimum Gasteiger partial charge on any atom is -0.336 e. The van der Waals surface area contributed by atoms with Crippen molar-refractivity contribution in [2.24, 2.45) is 0 Å². The van der Waals surface area contributed by atoms with Crippen molar-refractivity contribution in [3.63, 3.8) is 0 Å². The number of fused-ring (bicyclic) bond motifs is 1. The molecule has 0 aliphatic carbocycles. The summed E-state index contributed by atoms with van der Waals surface area (Å²) in [4.78, 5) is 22.8. The van der Waals surface area contributed by atoms with E-state index in [1.165, 1.54) is 11.1 Å². The van der Waals surface area contributed by atoms with Crippen LogP contribution in [-0.4, -0.2) is 46.9 Å². The van der Waals surface area contributed by atoms with E-state index >= 15 is 0 Å². The molecule has 0 radical (unpaired) electrons. The summed E-state index contributed by atoms with van der Waals surface area (Å²) in [6, 6.07) is 26.1. The second-order valence-corrected chi connectivity index (χ2v) is 9.07. The van der Waals surface area contributed by atoms with Gasteiger partial charge in [-0.3, -0.25) is 9.69 Å². The quantitative estimate of drug-likeness (QED) is 0.389. The first-order valence-electron chi connectivity index (χ1n) is 11.3. The van der Waals surface area contributed by atoms with Crippen LogP contribution in [0, 0.1) is 6.92 Å². The van der Waals surface area contributed by atoms with Gasteiger partial charge in [-0.2, -0.15) is 0 Å². The van der Waals surface area contributed by atoms with Crippen LogP contribution in [-0.2, 0) is 6.54 Å². The van der Waals surface area contributed by atoms with Crippen molar-refractivity contribution in [2.75, 3.05) is 26.2 Å². The Morgan fingerprint density at radius 3 is 2.33 bits per heavy atom. The number of halogens is 1. The maximum atomic E-state index is 13.6. The molecular weight excluding hydrogens is 430 g/mol. The van der Waals surface area contributed by atoms with Crippen molar-refractivity contribution >= 4 is 28.4 Å². The maximum Gasteiger partial charge on any atom is 0.254 e. The van der Waals surface area contributed by atoms with E-state index in [9.17, 15) is 4.79 Å². The first-order valence-corrected chi connectivity index (χ1v) is 11.7. The summed E-state index contributed by atoms with van der Waals surface area (Å²) >= 11 is 6.00. The molecule has 1 aliphatic heterocycles. The van der Waals surface area contributed by atoms with E-state index in [1.807, 2.05) is 47.4 Å². The molecule has 33 heavy (non-hydrogen) atoms. The number of aromatic nitrogens is 1. The first kappa shape index (κ1) is 21.6. The van der Waals surface area contributed by atoms with Gasteiger partial charge in [0.15, 0.2) is 0 Å². The van der Waals surface area contributed by atoms with Gasteiger partial charge in [0.05, 0.1) is 16.8 Å². The standard InChI is InChI=1S/C28H26ClN3O/c1-20-6-10-22(11-7-20)27-18-25(24-4-2-3-5-26(24)30-27)28(33)32-16-14-31(15-17-32)19-21-8-12-23(29)13-9-21/h2-13,18H,14-17,19H2,1H3. The van der Waals surface area contributed by atoms with Crippen LogP contribution in [0.25, 0.3) is 22.2 Å². The summed E-state index contributed by atoms with van der Waals surface area (Å²) in [5.41, 5.74) is 5.86. The Morgan fingerprint density at radius 2 is 1.61 bits per heavy atom. The average Bonchev–Trinajstić information content (AvgIpc) is 2.85. The van der Waals surface area contributed by atoms with Crippen molar-refractivity contribution < 1.29 is 4.79 Å². The molecule has 1 saturated heterocycles. The summed E-state index contributed by atoms with van der Waals surface area (Å²) in [7, 11) is 0. The zero-order valence-electron chi connectivity index (χ0n) is 18.7. The molecule has 3 aromatic carbocycles. The van der Waals surface area contributed by atoms with Gasteiger partial charge < -0.3 is 4.90 Å². The van der Waals surface area contributed by atoms with E-state index < -0.39 is 0 Å². The Balaban J connectivity index is 1.37. The summed E-state index contributed by atoms with van der Waals surface area (Å²) in [5.74, 6) is 0.0769. The van der Waals surface area contributed by atoms with Gasteiger partial charge in [0.1, 0.15) is 0 Å². The fourth-order valence-corrected chi connectivity index (χ4v) is 4.48. The van der Waals surface area contributed by atoms with E-state index in [1.54, 1.807) is 0 Å². The molecule has 1 fully saturated rings. The largest absolute Gasteiger partial charge is 0.336 e. The molecule has 4 nitrogen and oxygen atoms in total. The fraction of sp³-hybridized carbons (Fsp3) is 0.214. The van der Waals surface area contributed by atoms with Crippen LogP contribution in [0.3, 0.4) is 0 Å². The third kappa shape index (κ3) is 4.77. The molecule has 0 saturated carbocycles. The van der Waals surface area contributed by atoms with Gasteiger partial charge in [0.2, 0.25) is 0 Å². The van der Waals surface area contributed by atoms with Gasteiger partial charge in [-0.1, -0.05) is 71.8 Å². The zero-order chi connectivity index (χ0) is 22.8. The van der Waals surface area contributed by atoms with Gasteiger partial charge in [0, 0.05) is 48.7 Å². The highest BCUT2D eigenvalue weighted by Gasteiger charge is 2.24. The topological polar surface area (TPSA) is 36.4 Å². The Morgan fingerprint density at radius 1 is 0.909 bits per heavy atom. The van der Waals surface area contributed by atoms with E-state index in [4.69, 9.17) is 16.6 Å². The molecular formula is C28H26ClN3O. The van der Waals surface area contributed by atoms with Crippen molar-refractivity contribution in [1.29, 1.82) is 0 Å². The van der Waals surface area contributed by atoms with Gasteiger partial charge >= 0.3 is 0 Å². The molecule has 0 bridgehead atoms. The van der Waals surface area contributed by atoms with Crippen LogP contribution in [0.4, 0.5) is 0 Å². The lowest BCUT2D eigenvalue weighted by Gasteiger charge is -2.35. The highest BCUT2D eigenvalue weighted by atomic mass is 35.5. The van der Waals surface area contributed by atoms with Gasteiger partial charge in [-0.15, -0.1) is 0 Å². The zero-order valence-corrected chi connectivity index (χ0v) is 19.4. The monoisotopic (exact) mass is 455 g/mol. The van der Waals surface area contributed by atoms with Crippen LogP contribution < -0.4 is 0 Å². The molecule has 0 N–H and O–H groups in total. The van der Waals surface area contributed by atoms with Crippen molar-refractivity contribution in [1.82, 2.24) is 14.8 Å². The third-order valence-electron chi connectivity index (χ3n) is 6.27. The van der Waals surface area contributed by atoms with Crippen molar-refractivity contribution in [2.45, 2.75) is 13.5 Å². The minimum atomic E-state index is 0.0769. The molecule has 0 spiro atoms. The van der Waals surface area contributed by atoms with Crippen LogP contribution in [0.5, 0.6) is 0 Å². The number of amides is 1. The Bertz CT molecular complexity index is 1280. The van der Waals surface area contributed by atoms with Crippen LogP contribution in [0.15, 0.2) is 78.9 Å². The number of aryl methyl sites for hydroxylation is 1. The average molecular weight is 456 g/mol. The lowest BCUT2D eigenvalue weighted by molar-refractivity contribution is 0.0630. The van der Waals surface area contributed by atoms with Crippen LogP contribution in [0.1, 0.15) is 21.5 Å². The number of carbonyl (C=O) groups excluding carboxylic acids is 1. The number of hydrogen-bond donors (Lipinski definition) is 0. The highest BCUT2D eigenvalue weighted by Crippen LogP contribution is 2.26. The molecule has 4 aromatic rings. The smallest absolute Gasteiger partial charge is 0.254 e. The van der Waals surface area contributed by atoms with Gasteiger partial charge in [-0.05, 0) is 36.8 Å². The van der Waals surface area contributed by atoms with E-state index in [0.29, 0.717) is 13.1 Å². The van der Waals surface area contributed by atoms with E-state index in [-0.39, 0.29) is 5.91 Å². The molecule has 1 aromatic heterocycles. The summed E-state index contributed by atoms with van der Waals surface area (Å²) < 4.78 is 0. The lowest BCUT2D eigenvalue weighted by atomic mass is 10.0.